The molecule has 4 nitrogen and oxygen atoms in total. The van der Waals surface area contributed by atoms with Gasteiger partial charge in [0.1, 0.15) is 5.82 Å². The highest BCUT2D eigenvalue weighted by Gasteiger charge is 2.29. The molecule has 1 amide bonds. The van der Waals surface area contributed by atoms with E-state index in [1.165, 1.54) is 17.7 Å². The Bertz CT molecular complexity index is 1310. The summed E-state index contributed by atoms with van der Waals surface area (Å²) in [6.07, 6.45) is -1.79. The molecule has 0 aliphatic rings. The van der Waals surface area contributed by atoms with E-state index in [-0.39, 0.29) is 12.3 Å². The second-order valence-electron chi connectivity index (χ2n) is 8.83. The van der Waals surface area contributed by atoms with Crippen LogP contribution in [0.15, 0.2) is 84.9 Å². The minimum Gasteiger partial charge on any atom is -0.360 e. The molecule has 0 saturated heterocycles. The molecule has 0 spiro atoms. The maximum atomic E-state index is 12.7. The number of aryl methyl sites for hydroxylation is 2. The second kappa shape index (κ2) is 11.2. The van der Waals surface area contributed by atoms with Crippen LogP contribution in [0.2, 0.25) is 0 Å². The van der Waals surface area contributed by atoms with Crippen LogP contribution >= 0.6 is 0 Å². The van der Waals surface area contributed by atoms with Gasteiger partial charge in [0.15, 0.2) is 0 Å². The third kappa shape index (κ3) is 6.84. The Labute approximate surface area is 208 Å². The summed E-state index contributed by atoms with van der Waals surface area (Å²) >= 11 is 0. The van der Waals surface area contributed by atoms with Gasteiger partial charge >= 0.3 is 6.18 Å². The number of halogens is 3. The summed E-state index contributed by atoms with van der Waals surface area (Å²) in [7, 11) is 2.03. The van der Waals surface area contributed by atoms with Crippen LogP contribution in [0.5, 0.6) is 0 Å². The number of nitrogens with one attached hydrogen (secondary N) is 1. The number of fused-ring (bicyclic) bond motifs is 1. The van der Waals surface area contributed by atoms with E-state index >= 15 is 0 Å². The summed E-state index contributed by atoms with van der Waals surface area (Å²) in [5.41, 5.74) is 2.81. The molecule has 4 aromatic rings. The number of aromatic nitrogens is 1. The van der Waals surface area contributed by atoms with Crippen LogP contribution in [-0.2, 0) is 23.8 Å². The van der Waals surface area contributed by atoms with Crippen molar-refractivity contribution in [3.05, 3.63) is 102 Å². The Kier molecular flexibility index (Phi) is 7.88. The van der Waals surface area contributed by atoms with Crippen LogP contribution in [0.4, 0.5) is 24.7 Å². The summed E-state index contributed by atoms with van der Waals surface area (Å²) < 4.78 is 38.1. The molecule has 0 unspecified atom stereocenters. The van der Waals surface area contributed by atoms with E-state index < -0.39 is 11.7 Å². The van der Waals surface area contributed by atoms with Gasteiger partial charge in [-0.25, -0.2) is 4.98 Å². The SMILES string of the molecule is CN(CCCc1ccccc1)c1ccc2cc(NC(=O)CCc3ccc(C(F)(F)F)cc3)ccc2n1. The molecule has 0 saturated carbocycles. The quantitative estimate of drug-likeness (QED) is 0.277. The molecule has 0 atom stereocenters. The van der Waals surface area contributed by atoms with E-state index in [1.54, 1.807) is 0 Å². The van der Waals surface area contributed by atoms with Crippen LogP contribution in [0.1, 0.15) is 29.5 Å². The number of amides is 1. The lowest BCUT2D eigenvalue weighted by Crippen LogP contribution is -2.20. The topological polar surface area (TPSA) is 45.2 Å². The number of rotatable bonds is 9. The average Bonchev–Trinajstić information content (AvgIpc) is 2.87. The van der Waals surface area contributed by atoms with Gasteiger partial charge in [0.25, 0.3) is 0 Å². The Morgan fingerprint density at radius 2 is 1.61 bits per heavy atom. The summed E-state index contributed by atoms with van der Waals surface area (Å²) in [4.78, 5) is 19.3. The number of pyridine rings is 1. The molecule has 0 bridgehead atoms. The monoisotopic (exact) mass is 491 g/mol. The lowest BCUT2D eigenvalue weighted by atomic mass is 10.1. The number of carbonyl (C=O) groups is 1. The van der Waals surface area contributed by atoms with Crippen LogP contribution in [0.3, 0.4) is 0 Å². The van der Waals surface area contributed by atoms with Crippen LogP contribution in [0.25, 0.3) is 10.9 Å². The molecular weight excluding hydrogens is 463 g/mol. The van der Waals surface area contributed by atoms with Crippen molar-refractivity contribution in [2.24, 2.45) is 0 Å². The van der Waals surface area contributed by atoms with E-state index in [4.69, 9.17) is 4.98 Å². The molecule has 1 N–H and O–H groups in total. The Morgan fingerprint density at radius 1 is 0.889 bits per heavy atom. The van der Waals surface area contributed by atoms with Crippen LogP contribution < -0.4 is 10.2 Å². The normalized spacial score (nSPS) is 11.4. The summed E-state index contributed by atoms with van der Waals surface area (Å²) in [6.45, 7) is 0.889. The molecule has 4 rings (SSSR count). The fourth-order valence-electron chi connectivity index (χ4n) is 4.03. The van der Waals surface area contributed by atoms with Crippen molar-refractivity contribution in [3.63, 3.8) is 0 Å². The third-order valence-corrected chi connectivity index (χ3v) is 6.07. The van der Waals surface area contributed by atoms with Crippen molar-refractivity contribution in [3.8, 4) is 0 Å². The van der Waals surface area contributed by atoms with Gasteiger partial charge in [0.05, 0.1) is 11.1 Å². The smallest absolute Gasteiger partial charge is 0.360 e. The molecule has 36 heavy (non-hydrogen) atoms. The average molecular weight is 492 g/mol. The largest absolute Gasteiger partial charge is 0.416 e. The van der Waals surface area contributed by atoms with E-state index in [0.29, 0.717) is 17.7 Å². The zero-order valence-electron chi connectivity index (χ0n) is 20.1. The van der Waals surface area contributed by atoms with Gasteiger partial charge in [0.2, 0.25) is 5.91 Å². The van der Waals surface area contributed by atoms with Gasteiger partial charge in [-0.05, 0) is 72.9 Å². The summed E-state index contributed by atoms with van der Waals surface area (Å²) in [5, 5.41) is 3.78. The van der Waals surface area contributed by atoms with Crippen molar-refractivity contribution in [2.75, 3.05) is 23.8 Å². The fourth-order valence-corrected chi connectivity index (χ4v) is 4.03. The van der Waals surface area contributed by atoms with Crippen molar-refractivity contribution in [1.82, 2.24) is 4.98 Å². The molecule has 186 valence electrons. The van der Waals surface area contributed by atoms with Gasteiger partial charge in [-0.2, -0.15) is 13.2 Å². The zero-order valence-corrected chi connectivity index (χ0v) is 20.1. The maximum absolute atomic E-state index is 12.7. The first kappa shape index (κ1) is 25.2. The maximum Gasteiger partial charge on any atom is 0.416 e. The molecule has 0 aliphatic carbocycles. The minimum absolute atomic E-state index is 0.175. The standard InChI is InChI=1S/C29H28F3N3O/c1-35(19-5-8-21-6-3-2-4-7-21)27-17-12-23-20-25(15-16-26(23)34-27)33-28(36)18-11-22-9-13-24(14-10-22)29(30,31)32/h2-4,6-7,9-10,12-17,20H,5,8,11,18-19H2,1H3,(H,33,36). The number of nitrogens with zero attached hydrogens (tertiary/aromatic N) is 2. The van der Waals surface area contributed by atoms with Crippen LogP contribution in [-0.4, -0.2) is 24.5 Å². The Morgan fingerprint density at radius 3 is 2.33 bits per heavy atom. The van der Waals surface area contributed by atoms with Gasteiger partial charge in [-0.3, -0.25) is 4.79 Å². The van der Waals surface area contributed by atoms with Gasteiger partial charge in [-0.15, -0.1) is 0 Å². The zero-order chi connectivity index (χ0) is 25.5. The van der Waals surface area contributed by atoms with Gasteiger partial charge in [0, 0.05) is 31.1 Å². The number of alkyl halides is 3. The first-order chi connectivity index (χ1) is 17.3. The number of carbonyl (C=O) groups excluding carboxylic acids is 1. The van der Waals surface area contributed by atoms with Crippen LogP contribution in [0, 0.1) is 0 Å². The first-order valence-corrected chi connectivity index (χ1v) is 11.9. The Hall–Kier alpha value is -3.87. The molecular formula is C29H28F3N3O. The van der Waals surface area contributed by atoms with E-state index in [0.717, 1.165) is 48.2 Å². The predicted octanol–water partition coefficient (Wildman–Crippen LogP) is 6.89. The van der Waals surface area contributed by atoms with E-state index in [9.17, 15) is 18.0 Å². The molecule has 1 aromatic heterocycles. The van der Waals surface area contributed by atoms with E-state index in [2.05, 4.69) is 34.5 Å². The predicted molar refractivity (Wildman–Crippen MR) is 138 cm³/mol. The molecule has 0 aliphatic heterocycles. The highest BCUT2D eigenvalue weighted by Crippen LogP contribution is 2.29. The molecule has 1 heterocycles. The molecule has 0 fully saturated rings. The lowest BCUT2D eigenvalue weighted by molar-refractivity contribution is -0.137. The highest BCUT2D eigenvalue weighted by atomic mass is 19.4. The summed E-state index contributed by atoms with van der Waals surface area (Å²) in [5.74, 6) is 0.695. The molecule has 3 aromatic carbocycles. The van der Waals surface area contributed by atoms with Crippen molar-refractivity contribution in [1.29, 1.82) is 0 Å². The first-order valence-electron chi connectivity index (χ1n) is 11.9. The van der Waals surface area contributed by atoms with Crippen molar-refractivity contribution < 1.29 is 18.0 Å². The lowest BCUT2D eigenvalue weighted by Gasteiger charge is -2.18. The number of anilines is 2. The molecule has 0 radical (unpaired) electrons. The Balaban J connectivity index is 1.30. The second-order valence-corrected chi connectivity index (χ2v) is 8.83. The third-order valence-electron chi connectivity index (χ3n) is 6.07. The van der Waals surface area contributed by atoms with E-state index in [1.807, 2.05) is 43.4 Å². The fraction of sp³-hybridized carbons (Fsp3) is 0.241. The van der Waals surface area contributed by atoms with Crippen molar-refractivity contribution in [2.45, 2.75) is 31.9 Å². The van der Waals surface area contributed by atoms with Gasteiger partial charge < -0.3 is 10.2 Å². The summed E-state index contributed by atoms with van der Waals surface area (Å²) in [6, 6.07) is 24.8. The molecule has 7 heteroatoms. The highest BCUT2D eigenvalue weighted by molar-refractivity contribution is 5.94. The number of benzene rings is 3. The van der Waals surface area contributed by atoms with Crippen molar-refractivity contribution >= 4 is 28.3 Å². The minimum atomic E-state index is -4.36. The number of hydrogen-bond donors (Lipinski definition) is 1. The van der Waals surface area contributed by atoms with Gasteiger partial charge in [-0.1, -0.05) is 42.5 Å². The number of hydrogen-bond acceptors (Lipinski definition) is 3.